The Morgan fingerprint density at radius 1 is 1.11 bits per heavy atom. The fourth-order valence-corrected chi connectivity index (χ4v) is 7.12. The Morgan fingerprint density at radius 2 is 1.83 bits per heavy atom. The van der Waals surface area contributed by atoms with Crippen LogP contribution in [0, 0.1) is 5.92 Å². The van der Waals surface area contributed by atoms with Crippen LogP contribution in [0.25, 0.3) is 22.0 Å². The summed E-state index contributed by atoms with van der Waals surface area (Å²) in [6.07, 6.45) is 4.74. The van der Waals surface area contributed by atoms with Gasteiger partial charge >= 0.3 is 6.09 Å². The second kappa shape index (κ2) is 11.7. The number of hydrogen-bond donors (Lipinski definition) is 2. The molecule has 4 atom stereocenters. The summed E-state index contributed by atoms with van der Waals surface area (Å²) >= 11 is 0. The third-order valence-electron chi connectivity index (χ3n) is 8.40. The number of benzene rings is 1. The standard InChI is InChI=1S/C33H37N5O7S/c1-5-22-18-33(22,30(40)37-46(42,43)24-10-11-24)36-28(39)27-17-23(19-38(27)31(41)45-32(2,3)4)44-29-25-9-7-6-8-21(25)16-26(35-29)20-12-14-34-15-13-20/h5-9,12-16,22-24,27H,1,10-11,17-19H2,2-4H3,(H,36,39)(H,37,40)/t22-,23-,27+,33-/m1/s1. The van der Waals surface area contributed by atoms with Crippen LogP contribution in [-0.4, -0.2) is 76.3 Å². The molecule has 242 valence electrons. The minimum atomic E-state index is -3.85. The molecule has 2 saturated carbocycles. The van der Waals surface area contributed by atoms with Crippen LogP contribution in [0.1, 0.15) is 46.5 Å². The number of pyridine rings is 2. The number of carbonyl (C=O) groups is 3. The first-order valence-electron chi connectivity index (χ1n) is 15.3. The highest BCUT2D eigenvalue weighted by Crippen LogP contribution is 2.45. The maximum atomic E-state index is 13.9. The van der Waals surface area contributed by atoms with E-state index in [1.807, 2.05) is 42.5 Å². The summed E-state index contributed by atoms with van der Waals surface area (Å²) in [6, 6.07) is 12.2. The van der Waals surface area contributed by atoms with Gasteiger partial charge in [0.15, 0.2) is 0 Å². The Kier molecular flexibility index (Phi) is 7.99. The minimum Gasteiger partial charge on any atom is -0.472 e. The zero-order valence-corrected chi connectivity index (χ0v) is 26.7. The van der Waals surface area contributed by atoms with Crippen molar-refractivity contribution in [3.63, 3.8) is 0 Å². The lowest BCUT2D eigenvalue weighted by Gasteiger charge is -2.29. The Labute approximate surface area is 267 Å². The molecule has 6 rings (SSSR count). The number of hydrogen-bond acceptors (Lipinski definition) is 9. The largest absolute Gasteiger partial charge is 0.472 e. The van der Waals surface area contributed by atoms with E-state index in [1.54, 1.807) is 33.2 Å². The zero-order valence-electron chi connectivity index (χ0n) is 25.9. The molecule has 3 aliphatic rings. The molecule has 3 aromatic rings. The van der Waals surface area contributed by atoms with Crippen molar-refractivity contribution >= 4 is 38.7 Å². The van der Waals surface area contributed by atoms with E-state index >= 15 is 0 Å². The second-order valence-corrected chi connectivity index (χ2v) is 15.0. The van der Waals surface area contributed by atoms with Gasteiger partial charge in [-0.2, -0.15) is 0 Å². The lowest BCUT2D eigenvalue weighted by molar-refractivity contribution is -0.131. The molecule has 3 heterocycles. The van der Waals surface area contributed by atoms with Crippen molar-refractivity contribution in [1.29, 1.82) is 0 Å². The number of rotatable bonds is 9. The quantitative estimate of drug-likeness (QED) is 0.331. The van der Waals surface area contributed by atoms with Crippen LogP contribution in [0.15, 0.2) is 67.5 Å². The van der Waals surface area contributed by atoms with Gasteiger partial charge in [-0.15, -0.1) is 6.58 Å². The molecule has 3 amide bonds. The Balaban J connectivity index is 1.27. The van der Waals surface area contributed by atoms with Crippen LogP contribution in [0.2, 0.25) is 0 Å². The van der Waals surface area contributed by atoms with E-state index in [4.69, 9.17) is 14.5 Å². The SMILES string of the molecule is C=C[C@@H]1C[C@]1(NC(=O)[C@@H]1C[C@@H](Oc2nc(-c3ccncc3)cc3ccccc23)CN1C(=O)OC(C)(C)C)C(=O)NS(=O)(=O)C1CC1. The molecule has 46 heavy (non-hydrogen) atoms. The molecule has 0 spiro atoms. The van der Waals surface area contributed by atoms with Crippen LogP contribution in [0.4, 0.5) is 4.79 Å². The van der Waals surface area contributed by atoms with Gasteiger partial charge in [0.05, 0.1) is 17.5 Å². The van der Waals surface area contributed by atoms with Crippen LogP contribution in [0.5, 0.6) is 5.88 Å². The zero-order chi connectivity index (χ0) is 32.9. The van der Waals surface area contributed by atoms with Gasteiger partial charge in [0.1, 0.15) is 23.3 Å². The maximum absolute atomic E-state index is 13.9. The highest BCUT2D eigenvalue weighted by atomic mass is 32.2. The summed E-state index contributed by atoms with van der Waals surface area (Å²) in [5, 5.41) is 3.82. The van der Waals surface area contributed by atoms with E-state index in [0.29, 0.717) is 24.4 Å². The second-order valence-electron chi connectivity index (χ2n) is 13.1. The van der Waals surface area contributed by atoms with Crippen molar-refractivity contribution in [3.8, 4) is 17.1 Å². The first-order chi connectivity index (χ1) is 21.8. The van der Waals surface area contributed by atoms with Gasteiger partial charge in [0.2, 0.25) is 21.8 Å². The van der Waals surface area contributed by atoms with Crippen molar-refractivity contribution in [2.75, 3.05) is 6.54 Å². The van der Waals surface area contributed by atoms with Gasteiger partial charge in [0.25, 0.3) is 5.91 Å². The Bertz CT molecular complexity index is 1810. The molecule has 12 nitrogen and oxygen atoms in total. The predicted octanol–water partition coefficient (Wildman–Crippen LogP) is 3.72. The number of amides is 3. The van der Waals surface area contributed by atoms with Crippen molar-refractivity contribution in [1.82, 2.24) is 24.9 Å². The molecule has 2 aliphatic carbocycles. The van der Waals surface area contributed by atoms with Gasteiger partial charge in [-0.1, -0.05) is 24.3 Å². The van der Waals surface area contributed by atoms with Crippen LogP contribution in [0.3, 0.4) is 0 Å². The van der Waals surface area contributed by atoms with E-state index in [1.165, 1.54) is 11.0 Å². The van der Waals surface area contributed by atoms with Crippen LogP contribution >= 0.6 is 0 Å². The van der Waals surface area contributed by atoms with Gasteiger partial charge in [-0.25, -0.2) is 18.2 Å². The first kappa shape index (κ1) is 31.5. The lowest BCUT2D eigenvalue weighted by atomic mass is 10.1. The van der Waals surface area contributed by atoms with Crippen molar-refractivity contribution in [3.05, 3.63) is 67.5 Å². The average molecular weight is 648 g/mol. The van der Waals surface area contributed by atoms with Gasteiger partial charge in [0, 0.05) is 35.7 Å². The van der Waals surface area contributed by atoms with E-state index in [9.17, 15) is 22.8 Å². The fourth-order valence-electron chi connectivity index (χ4n) is 5.76. The van der Waals surface area contributed by atoms with Crippen LogP contribution in [-0.2, 0) is 24.3 Å². The number of nitrogens with one attached hydrogen (secondary N) is 2. The molecule has 1 saturated heterocycles. The highest BCUT2D eigenvalue weighted by molar-refractivity contribution is 7.91. The van der Waals surface area contributed by atoms with Crippen molar-refractivity contribution in [2.24, 2.45) is 5.92 Å². The topological polar surface area (TPSA) is 157 Å². The first-order valence-corrected chi connectivity index (χ1v) is 16.8. The third kappa shape index (κ3) is 6.41. The molecule has 2 aromatic heterocycles. The summed E-state index contributed by atoms with van der Waals surface area (Å²) in [4.78, 5) is 50.8. The fraction of sp³-hybridized carbons (Fsp3) is 0.424. The normalized spacial score (nSPS) is 24.2. The maximum Gasteiger partial charge on any atom is 0.411 e. The number of fused-ring (bicyclic) bond motifs is 1. The van der Waals surface area contributed by atoms with Gasteiger partial charge in [-0.3, -0.25) is 24.2 Å². The molecule has 3 fully saturated rings. The monoisotopic (exact) mass is 647 g/mol. The molecule has 1 aromatic carbocycles. The molecule has 2 N–H and O–H groups in total. The minimum absolute atomic E-state index is 0.0165. The molecule has 0 bridgehead atoms. The van der Waals surface area contributed by atoms with E-state index in [2.05, 4.69) is 21.6 Å². The number of aromatic nitrogens is 2. The smallest absolute Gasteiger partial charge is 0.411 e. The third-order valence-corrected chi connectivity index (χ3v) is 10.2. The number of nitrogens with zero attached hydrogens (tertiary/aromatic N) is 3. The average Bonchev–Trinajstić information content (AvgIpc) is 3.93. The molecule has 0 radical (unpaired) electrons. The lowest BCUT2D eigenvalue weighted by Crippen LogP contribution is -2.56. The number of carbonyl (C=O) groups excluding carboxylic acids is 3. The van der Waals surface area contributed by atoms with E-state index in [-0.39, 0.29) is 19.4 Å². The number of likely N-dealkylation sites (tertiary alicyclic amines) is 1. The predicted molar refractivity (Wildman–Crippen MR) is 170 cm³/mol. The van der Waals surface area contributed by atoms with Crippen LogP contribution < -0.4 is 14.8 Å². The number of sulfonamides is 1. The Morgan fingerprint density at radius 3 is 2.48 bits per heavy atom. The van der Waals surface area contributed by atoms with Crippen molar-refractivity contribution in [2.45, 2.75) is 75.0 Å². The summed E-state index contributed by atoms with van der Waals surface area (Å²) in [6.45, 7) is 8.94. The molecule has 1 aliphatic heterocycles. The van der Waals surface area contributed by atoms with Gasteiger partial charge < -0.3 is 14.8 Å². The summed E-state index contributed by atoms with van der Waals surface area (Å²) in [7, 11) is -3.85. The van der Waals surface area contributed by atoms with E-state index in [0.717, 1.165) is 16.3 Å². The summed E-state index contributed by atoms with van der Waals surface area (Å²) in [5.41, 5.74) is -0.810. The molecular weight excluding hydrogens is 610 g/mol. The molecule has 0 unspecified atom stereocenters. The summed E-state index contributed by atoms with van der Waals surface area (Å²) in [5.74, 6) is -1.56. The highest BCUT2D eigenvalue weighted by Gasteiger charge is 2.62. The molecule has 13 heteroatoms. The van der Waals surface area contributed by atoms with Gasteiger partial charge in [-0.05, 0) is 69.7 Å². The van der Waals surface area contributed by atoms with Crippen molar-refractivity contribution < 1.29 is 32.3 Å². The summed E-state index contributed by atoms with van der Waals surface area (Å²) < 4.78 is 39.3. The number of ether oxygens (including phenoxy) is 2. The Hall–Kier alpha value is -4.52. The molecular formula is C33H37N5O7S. The van der Waals surface area contributed by atoms with E-state index < -0.39 is 62.4 Å².